The number of halogens is 1. The normalized spacial score (nSPS) is 17.8. The van der Waals surface area contributed by atoms with E-state index in [4.69, 9.17) is 16.6 Å². The van der Waals surface area contributed by atoms with Crippen LogP contribution in [-0.2, 0) is 4.79 Å². The zero-order valence-electron chi connectivity index (χ0n) is 18.0. The first-order valence-electron chi connectivity index (χ1n) is 10.7. The number of nitrogens with one attached hydrogen (secondary N) is 3. The van der Waals surface area contributed by atoms with Crippen molar-refractivity contribution in [1.82, 2.24) is 19.9 Å². The summed E-state index contributed by atoms with van der Waals surface area (Å²) >= 11 is 6.17. The number of allylic oxidation sites excluding steroid dienone is 1. The van der Waals surface area contributed by atoms with Gasteiger partial charge >= 0.3 is 0 Å². The lowest BCUT2D eigenvalue weighted by atomic mass is 10.1. The lowest BCUT2D eigenvalue weighted by Gasteiger charge is -2.19. The van der Waals surface area contributed by atoms with Crippen LogP contribution in [0.1, 0.15) is 48.9 Å². The van der Waals surface area contributed by atoms with E-state index in [1.54, 1.807) is 10.7 Å². The van der Waals surface area contributed by atoms with Crippen LogP contribution in [0.3, 0.4) is 0 Å². The number of amides is 1. The first-order chi connectivity index (χ1) is 15.9. The number of hydrogen-bond donors (Lipinski definition) is 3. The quantitative estimate of drug-likeness (QED) is 0.503. The van der Waals surface area contributed by atoms with Gasteiger partial charge in [0, 0.05) is 22.3 Å². The molecule has 1 aromatic carbocycles. The SMILES string of the molecule is C=C1NC(=O)C/C1=C\c1cnn2c(NC3CC3)c(C#N)c(N[C@H](C)c3cccc(Cl)c3)nc12. The highest BCUT2D eigenvalue weighted by molar-refractivity contribution is 6.30. The fourth-order valence-corrected chi connectivity index (χ4v) is 4.04. The van der Waals surface area contributed by atoms with Gasteiger partial charge in [-0.2, -0.15) is 14.9 Å². The molecule has 1 aliphatic carbocycles. The van der Waals surface area contributed by atoms with Crippen LogP contribution in [0.15, 0.2) is 48.3 Å². The number of fused-ring (bicyclic) bond motifs is 1. The fourth-order valence-electron chi connectivity index (χ4n) is 3.84. The van der Waals surface area contributed by atoms with Crippen molar-refractivity contribution in [2.45, 2.75) is 38.3 Å². The minimum atomic E-state index is -0.138. The molecule has 0 bridgehead atoms. The number of benzene rings is 1. The molecular formula is C24H22ClN7O. The zero-order chi connectivity index (χ0) is 23.1. The van der Waals surface area contributed by atoms with E-state index in [-0.39, 0.29) is 18.4 Å². The van der Waals surface area contributed by atoms with Crippen LogP contribution in [0.4, 0.5) is 11.6 Å². The van der Waals surface area contributed by atoms with Crippen LogP contribution in [-0.4, -0.2) is 26.5 Å². The highest BCUT2D eigenvalue weighted by Gasteiger charge is 2.27. The number of hydrogen-bond acceptors (Lipinski definition) is 6. The number of nitrogens with zero attached hydrogens (tertiary/aromatic N) is 4. The molecule has 5 rings (SSSR count). The molecule has 0 spiro atoms. The molecule has 0 unspecified atom stereocenters. The number of carbonyl (C=O) groups is 1. The predicted molar refractivity (Wildman–Crippen MR) is 128 cm³/mol. The van der Waals surface area contributed by atoms with E-state index in [1.165, 1.54) is 0 Å². The maximum Gasteiger partial charge on any atom is 0.228 e. The molecule has 3 heterocycles. The lowest BCUT2D eigenvalue weighted by Crippen LogP contribution is -2.15. The Hall–Kier alpha value is -3.83. The van der Waals surface area contributed by atoms with Gasteiger partial charge in [-0.25, -0.2) is 4.98 Å². The van der Waals surface area contributed by atoms with Gasteiger partial charge in [0.25, 0.3) is 0 Å². The van der Waals surface area contributed by atoms with E-state index in [0.717, 1.165) is 29.5 Å². The number of aromatic nitrogens is 3. The van der Waals surface area contributed by atoms with E-state index < -0.39 is 0 Å². The molecule has 166 valence electrons. The minimum absolute atomic E-state index is 0.0868. The minimum Gasteiger partial charge on any atom is -0.366 e. The van der Waals surface area contributed by atoms with Gasteiger partial charge in [-0.1, -0.05) is 30.3 Å². The average Bonchev–Trinajstić information content (AvgIpc) is 3.43. The van der Waals surface area contributed by atoms with Gasteiger partial charge < -0.3 is 16.0 Å². The van der Waals surface area contributed by atoms with Crippen molar-refractivity contribution in [3.05, 3.63) is 70.0 Å². The Morgan fingerprint density at radius 1 is 1.42 bits per heavy atom. The third kappa shape index (κ3) is 4.15. The van der Waals surface area contributed by atoms with Crippen molar-refractivity contribution in [2.75, 3.05) is 10.6 Å². The summed E-state index contributed by atoms with van der Waals surface area (Å²) in [6.07, 6.45) is 5.91. The molecule has 33 heavy (non-hydrogen) atoms. The van der Waals surface area contributed by atoms with Crippen molar-refractivity contribution in [3.8, 4) is 6.07 Å². The third-order valence-electron chi connectivity index (χ3n) is 5.76. The second kappa shape index (κ2) is 8.26. The predicted octanol–water partition coefficient (Wildman–Crippen LogP) is 4.42. The van der Waals surface area contributed by atoms with Gasteiger partial charge in [-0.3, -0.25) is 4.79 Å². The number of carbonyl (C=O) groups excluding carboxylic acids is 1. The molecule has 1 saturated carbocycles. The van der Waals surface area contributed by atoms with E-state index in [0.29, 0.717) is 39.6 Å². The molecule has 3 aromatic rings. The monoisotopic (exact) mass is 459 g/mol. The second-order valence-electron chi connectivity index (χ2n) is 8.34. The molecule has 0 radical (unpaired) electrons. The van der Waals surface area contributed by atoms with E-state index >= 15 is 0 Å². The van der Waals surface area contributed by atoms with E-state index in [1.807, 2.05) is 37.3 Å². The Morgan fingerprint density at radius 3 is 2.91 bits per heavy atom. The zero-order valence-corrected chi connectivity index (χ0v) is 18.8. The summed E-state index contributed by atoms with van der Waals surface area (Å²) in [5.41, 5.74) is 4.07. The first-order valence-corrected chi connectivity index (χ1v) is 11.1. The van der Waals surface area contributed by atoms with Crippen molar-refractivity contribution in [2.24, 2.45) is 0 Å². The third-order valence-corrected chi connectivity index (χ3v) is 6.00. The molecule has 1 atom stereocenters. The van der Waals surface area contributed by atoms with Crippen LogP contribution in [0.25, 0.3) is 11.7 Å². The van der Waals surface area contributed by atoms with Crippen LogP contribution < -0.4 is 16.0 Å². The molecule has 1 aliphatic heterocycles. The van der Waals surface area contributed by atoms with Crippen LogP contribution >= 0.6 is 11.6 Å². The summed E-state index contributed by atoms with van der Waals surface area (Å²) in [4.78, 5) is 16.5. The molecule has 3 N–H and O–H groups in total. The molecule has 2 fully saturated rings. The Morgan fingerprint density at radius 2 is 2.24 bits per heavy atom. The van der Waals surface area contributed by atoms with Crippen molar-refractivity contribution < 1.29 is 4.79 Å². The standard InChI is InChI=1S/C24H22ClN7O/c1-13(15-4-3-5-18(25)9-15)29-22-20(11-26)24(30-19-6-7-19)32-23(31-22)17(12-27-32)8-16-10-21(33)28-14(16)2/h3-5,8-9,12-13,19,30H,2,6-7,10H2,1H3,(H,28,33)(H,29,31)/b16-8+/t13-/m1/s1. The first kappa shape index (κ1) is 21.0. The van der Waals surface area contributed by atoms with Gasteiger partial charge in [-0.05, 0) is 49.1 Å². The maximum absolute atomic E-state index is 11.7. The molecule has 9 heteroatoms. The van der Waals surface area contributed by atoms with Gasteiger partial charge in [0.15, 0.2) is 17.3 Å². The van der Waals surface area contributed by atoms with E-state index in [9.17, 15) is 10.1 Å². The molecule has 2 aromatic heterocycles. The highest BCUT2D eigenvalue weighted by Crippen LogP contribution is 2.33. The summed E-state index contributed by atoms with van der Waals surface area (Å²) in [5.74, 6) is 0.978. The largest absolute Gasteiger partial charge is 0.366 e. The maximum atomic E-state index is 11.7. The van der Waals surface area contributed by atoms with Crippen LogP contribution in [0, 0.1) is 11.3 Å². The Kier molecular flexibility index (Phi) is 5.27. The topological polar surface area (TPSA) is 107 Å². The van der Waals surface area contributed by atoms with Crippen molar-refractivity contribution in [3.63, 3.8) is 0 Å². The summed E-state index contributed by atoms with van der Waals surface area (Å²) in [6.45, 7) is 5.90. The summed E-state index contributed by atoms with van der Waals surface area (Å²) in [5, 5.41) is 24.7. The molecule has 1 amide bonds. The van der Waals surface area contributed by atoms with Gasteiger partial charge in [0.05, 0.1) is 18.7 Å². The summed E-state index contributed by atoms with van der Waals surface area (Å²) in [6, 6.07) is 10.0. The van der Waals surface area contributed by atoms with Crippen LogP contribution in [0.2, 0.25) is 5.02 Å². The lowest BCUT2D eigenvalue weighted by molar-refractivity contribution is -0.118. The summed E-state index contributed by atoms with van der Waals surface area (Å²) < 4.78 is 1.66. The molecule has 2 aliphatic rings. The van der Waals surface area contributed by atoms with Crippen LogP contribution in [0.5, 0.6) is 0 Å². The van der Waals surface area contributed by atoms with Crippen molar-refractivity contribution >= 4 is 40.9 Å². The molecular weight excluding hydrogens is 438 g/mol. The van der Waals surface area contributed by atoms with Crippen molar-refractivity contribution in [1.29, 1.82) is 5.26 Å². The molecule has 8 nitrogen and oxygen atoms in total. The Labute approximate surface area is 196 Å². The number of rotatable bonds is 6. The number of anilines is 2. The van der Waals surface area contributed by atoms with Gasteiger partial charge in [0.2, 0.25) is 5.91 Å². The van der Waals surface area contributed by atoms with Gasteiger partial charge in [-0.15, -0.1) is 0 Å². The Balaban J connectivity index is 1.61. The average molecular weight is 460 g/mol. The van der Waals surface area contributed by atoms with Gasteiger partial charge in [0.1, 0.15) is 11.6 Å². The summed E-state index contributed by atoms with van der Waals surface area (Å²) in [7, 11) is 0. The smallest absolute Gasteiger partial charge is 0.228 e. The number of nitriles is 1. The fraction of sp³-hybridized carbons (Fsp3) is 0.250. The van der Waals surface area contributed by atoms with E-state index in [2.05, 4.69) is 33.7 Å². The highest BCUT2D eigenvalue weighted by atomic mass is 35.5. The second-order valence-corrected chi connectivity index (χ2v) is 8.78. The Bertz CT molecular complexity index is 1360. The molecule has 1 saturated heterocycles.